The van der Waals surface area contributed by atoms with Gasteiger partial charge in [-0.25, -0.2) is 9.59 Å². The van der Waals surface area contributed by atoms with Crippen LogP contribution in [0.4, 0.5) is 4.79 Å². The molecule has 0 aliphatic heterocycles. The van der Waals surface area contributed by atoms with Crippen LogP contribution in [0.5, 0.6) is 0 Å². The number of nitrogens with one attached hydrogen (secondary N) is 11. The first kappa shape index (κ1) is 69.1. The third kappa shape index (κ3) is 24.1. The summed E-state index contributed by atoms with van der Waals surface area (Å²) in [6.45, 7) is 7.81. The lowest BCUT2D eigenvalue weighted by Crippen LogP contribution is -2.63. The predicted octanol–water partition coefficient (Wildman–Crippen LogP) is -4.08. The third-order valence-corrected chi connectivity index (χ3v) is 12.2. The van der Waals surface area contributed by atoms with Crippen LogP contribution in [0, 0.1) is 23.2 Å². The number of hydrogen-bond acceptors (Lipinski definition) is 17. The second-order valence-corrected chi connectivity index (χ2v) is 20.1. The molecule has 20 N–H and O–H groups in total. The van der Waals surface area contributed by atoms with E-state index in [1.807, 2.05) is 5.32 Å². The molecule has 0 fully saturated rings. The molecule has 81 heavy (non-hydrogen) atoms. The predicted molar refractivity (Wildman–Crippen MR) is 291 cm³/mol. The minimum Gasteiger partial charge on any atom is -0.480 e. The van der Waals surface area contributed by atoms with Crippen LogP contribution < -0.4 is 64.6 Å². The molecule has 2 aromatic rings. The minimum atomic E-state index is -1.76. The van der Waals surface area contributed by atoms with E-state index in [1.165, 1.54) is 13.8 Å². The summed E-state index contributed by atoms with van der Waals surface area (Å²) in [4.78, 5) is 134. The highest BCUT2D eigenvalue weighted by molar-refractivity contribution is 5.98. The number of carboxylic acid groups (broad SMARTS) is 1. The SMILES string of the molecule is CC(C)C[C@H](NC(=O)[C@@H](NC(=O)[C@@H](NC(=O)OCc1ccccc1)[C@H](N)c1ccccc1)[C@H](O)C(C)C)C(=O)N[C@H](CCCNC(=N)N)C(=O)N[C@H](C(=O)N[C@H](C(=O)NCC(=O)N[C@@H](CO)C(=O)N[C@@H](CO)C(=O)O)[C@H](C)O)C(C)C. The molecule has 2 rings (SSSR count). The van der Waals surface area contributed by atoms with Gasteiger partial charge in [-0.05, 0) is 55.1 Å². The highest BCUT2D eigenvalue weighted by Gasteiger charge is 2.39. The molecule has 0 aliphatic carbocycles. The van der Waals surface area contributed by atoms with Crippen molar-refractivity contribution in [2.75, 3.05) is 26.3 Å². The Morgan fingerprint density at radius 1 is 0.568 bits per heavy atom. The van der Waals surface area contributed by atoms with Crippen LogP contribution in [0.1, 0.15) is 84.9 Å². The number of rotatable bonds is 34. The second-order valence-electron chi connectivity index (χ2n) is 20.1. The molecule has 0 saturated carbocycles. The van der Waals surface area contributed by atoms with Crippen molar-refractivity contribution >= 4 is 65.3 Å². The Morgan fingerprint density at radius 2 is 1.07 bits per heavy atom. The number of aliphatic hydroxyl groups excluding tert-OH is 4. The molecular weight excluding hydrogens is 1060 g/mol. The Bertz CT molecular complexity index is 2420. The molecule has 0 aliphatic rings. The van der Waals surface area contributed by atoms with Crippen LogP contribution in [0.3, 0.4) is 0 Å². The van der Waals surface area contributed by atoms with Gasteiger partial charge in [0, 0.05) is 6.54 Å². The summed E-state index contributed by atoms with van der Waals surface area (Å²) in [5.74, 6) is -11.9. The molecule has 29 nitrogen and oxygen atoms in total. The van der Waals surface area contributed by atoms with Gasteiger partial charge in [-0.1, -0.05) is 102 Å². The summed E-state index contributed by atoms with van der Waals surface area (Å²) < 4.78 is 5.37. The van der Waals surface area contributed by atoms with E-state index in [9.17, 15) is 68.4 Å². The van der Waals surface area contributed by atoms with Crippen molar-refractivity contribution in [1.29, 1.82) is 5.41 Å². The Hall–Kier alpha value is -7.99. The van der Waals surface area contributed by atoms with Gasteiger partial charge in [-0.15, -0.1) is 0 Å². The number of alkyl carbamates (subject to hydrolysis) is 1. The number of ether oxygens (including phenoxy) is 1. The topological polar surface area (TPSA) is 477 Å². The summed E-state index contributed by atoms with van der Waals surface area (Å²) in [6.07, 6.45) is -4.33. The first-order valence-corrected chi connectivity index (χ1v) is 26.2. The number of aliphatic carboxylic acids is 1. The lowest BCUT2D eigenvalue weighted by Gasteiger charge is -2.32. The van der Waals surface area contributed by atoms with E-state index < -0.39 is 163 Å². The highest BCUT2D eigenvalue weighted by Crippen LogP contribution is 2.17. The maximum atomic E-state index is 14.4. The van der Waals surface area contributed by atoms with Gasteiger partial charge >= 0.3 is 12.1 Å². The second kappa shape index (κ2) is 34.9. The number of carbonyl (C=O) groups excluding carboxylic acids is 9. The number of benzene rings is 2. The molecule has 9 amide bonds. The normalized spacial score (nSPS) is 15.2. The molecule has 0 bridgehead atoms. The van der Waals surface area contributed by atoms with Crippen LogP contribution >= 0.6 is 0 Å². The van der Waals surface area contributed by atoms with Crippen molar-refractivity contribution in [2.24, 2.45) is 29.2 Å². The molecule has 2 aromatic carbocycles. The van der Waals surface area contributed by atoms with E-state index in [1.54, 1.807) is 88.4 Å². The van der Waals surface area contributed by atoms with Gasteiger partial charge in [0.05, 0.1) is 38.0 Å². The van der Waals surface area contributed by atoms with Gasteiger partial charge in [0.25, 0.3) is 0 Å². The number of carboxylic acids is 1. The van der Waals surface area contributed by atoms with Crippen LogP contribution in [0.15, 0.2) is 60.7 Å². The van der Waals surface area contributed by atoms with Crippen LogP contribution in [0.2, 0.25) is 0 Å². The monoisotopic (exact) mass is 1140 g/mol. The standard InChI is InChI=1S/C52H81N13O16/c1-26(2)21-33(60-49(77)41(42(70)28(5)6)64-48(76)40(37(53)31-17-12-9-13-18-31)65-52(80)81-25-30-15-10-8-11-16-30)44(72)59-32(19-14-20-56-51(54)55)43(71)62-38(27(3)4)47(75)63-39(29(7)68)46(74)57-22-36(69)58-34(23-66)45(73)61-35(24-67)50(78)79/h8-13,15-18,26-29,32-35,37-42,66-68,70H,14,19-25,53H2,1-7H3,(H,57,74)(H,58,69)(H,59,72)(H,60,77)(H,61,73)(H,62,71)(H,63,75)(H,64,76)(H,65,80)(H,78,79)(H4,54,55,56)/t29-,32+,33-,34-,35-,37+,38-,39-,40-,41-,42+/m0/s1. The van der Waals surface area contributed by atoms with E-state index >= 15 is 0 Å². The lowest BCUT2D eigenvalue weighted by molar-refractivity contribution is -0.143. The van der Waals surface area contributed by atoms with Crippen molar-refractivity contribution in [3.8, 4) is 0 Å². The number of amides is 9. The van der Waals surface area contributed by atoms with E-state index in [0.29, 0.717) is 11.1 Å². The third-order valence-electron chi connectivity index (χ3n) is 12.2. The molecule has 11 atom stereocenters. The average Bonchev–Trinajstić information content (AvgIpc) is 3.44. The average molecular weight is 1140 g/mol. The zero-order chi connectivity index (χ0) is 61.1. The van der Waals surface area contributed by atoms with E-state index in [4.69, 9.17) is 26.7 Å². The Kier molecular flexibility index (Phi) is 29.8. The zero-order valence-corrected chi connectivity index (χ0v) is 46.4. The van der Waals surface area contributed by atoms with Crippen LogP contribution in [0.25, 0.3) is 0 Å². The molecule has 0 radical (unpaired) electrons. The van der Waals surface area contributed by atoms with Crippen LogP contribution in [-0.2, 0) is 54.5 Å². The molecule has 0 aromatic heterocycles. The number of guanidine groups is 1. The number of carbonyl (C=O) groups is 10. The number of nitrogens with two attached hydrogens (primary N) is 2. The molecule has 29 heteroatoms. The fraction of sp³-hybridized carbons (Fsp3) is 0.558. The fourth-order valence-corrected chi connectivity index (χ4v) is 7.66. The molecular formula is C52H81N13O16. The maximum absolute atomic E-state index is 14.4. The lowest BCUT2D eigenvalue weighted by atomic mass is 9.95. The van der Waals surface area contributed by atoms with Gasteiger partial charge in [-0.2, -0.15) is 0 Å². The molecule has 0 unspecified atom stereocenters. The minimum absolute atomic E-state index is 0.0458. The van der Waals surface area contributed by atoms with Crippen molar-refractivity contribution in [3.63, 3.8) is 0 Å². The van der Waals surface area contributed by atoms with Crippen molar-refractivity contribution in [2.45, 2.75) is 141 Å². The zero-order valence-electron chi connectivity index (χ0n) is 46.4. The summed E-state index contributed by atoms with van der Waals surface area (Å²) in [5, 5.41) is 81.2. The van der Waals surface area contributed by atoms with E-state index in [0.717, 1.165) is 6.92 Å². The molecule has 0 spiro atoms. The quantitative estimate of drug-likeness (QED) is 0.0180. The van der Waals surface area contributed by atoms with E-state index in [2.05, 4.69) is 47.9 Å². The maximum Gasteiger partial charge on any atom is 0.408 e. The van der Waals surface area contributed by atoms with Crippen molar-refractivity contribution < 1.29 is 78.2 Å². The van der Waals surface area contributed by atoms with Gasteiger partial charge in [0.15, 0.2) is 5.96 Å². The largest absolute Gasteiger partial charge is 0.480 e. The Labute approximate surface area is 469 Å². The van der Waals surface area contributed by atoms with Gasteiger partial charge < -0.3 is 94.9 Å². The highest BCUT2D eigenvalue weighted by atomic mass is 16.5. The van der Waals surface area contributed by atoms with Gasteiger partial charge in [0.1, 0.15) is 54.9 Å². The van der Waals surface area contributed by atoms with Gasteiger partial charge in [0.2, 0.25) is 47.3 Å². The Balaban J connectivity index is 2.38. The summed E-state index contributed by atoms with van der Waals surface area (Å²) in [7, 11) is 0. The number of aliphatic hydroxyl groups is 4. The first-order valence-electron chi connectivity index (χ1n) is 26.2. The van der Waals surface area contributed by atoms with Gasteiger partial charge in [-0.3, -0.25) is 43.8 Å². The van der Waals surface area contributed by atoms with Crippen LogP contribution in [-0.4, -0.2) is 178 Å². The summed E-state index contributed by atoms with van der Waals surface area (Å²) in [5.41, 5.74) is 13.1. The summed E-state index contributed by atoms with van der Waals surface area (Å²) in [6, 6.07) is 2.85. The van der Waals surface area contributed by atoms with Crippen molar-refractivity contribution in [3.05, 3.63) is 71.8 Å². The summed E-state index contributed by atoms with van der Waals surface area (Å²) >= 11 is 0. The molecule has 0 saturated heterocycles. The molecule has 450 valence electrons. The number of hydrogen-bond donors (Lipinski definition) is 18. The molecule has 0 heterocycles. The fourth-order valence-electron chi connectivity index (χ4n) is 7.66. The smallest absolute Gasteiger partial charge is 0.408 e. The van der Waals surface area contributed by atoms with E-state index in [-0.39, 0.29) is 38.3 Å². The van der Waals surface area contributed by atoms with Crippen molar-refractivity contribution in [1.82, 2.24) is 53.2 Å². The first-order chi connectivity index (χ1) is 38.1. The Morgan fingerprint density at radius 3 is 1.60 bits per heavy atom.